The Kier molecular flexibility index (Phi) is 3.84. The van der Waals surface area contributed by atoms with Gasteiger partial charge in [0.25, 0.3) is 0 Å². The fraction of sp³-hybridized carbons (Fsp3) is 0.583. The summed E-state index contributed by atoms with van der Waals surface area (Å²) in [5.74, 6) is 0.158. The SMILES string of the molecule is COc1ncnc(N2CC(OC)CC2C(=O)O)c1C. The summed E-state index contributed by atoms with van der Waals surface area (Å²) in [6.45, 7) is 2.31. The maximum atomic E-state index is 11.3. The molecule has 0 bridgehead atoms. The number of carboxylic acids is 1. The lowest BCUT2D eigenvalue weighted by Crippen LogP contribution is -2.37. The number of carbonyl (C=O) groups is 1. The van der Waals surface area contributed by atoms with E-state index in [1.807, 2.05) is 6.92 Å². The van der Waals surface area contributed by atoms with Gasteiger partial charge in [-0.05, 0) is 6.92 Å². The average Bonchev–Trinajstić information content (AvgIpc) is 2.83. The van der Waals surface area contributed by atoms with Crippen LogP contribution >= 0.6 is 0 Å². The van der Waals surface area contributed by atoms with E-state index in [4.69, 9.17) is 9.47 Å². The largest absolute Gasteiger partial charge is 0.481 e. The lowest BCUT2D eigenvalue weighted by molar-refractivity contribution is -0.138. The Hall–Kier alpha value is -1.89. The highest BCUT2D eigenvalue weighted by Crippen LogP contribution is 2.30. The van der Waals surface area contributed by atoms with Gasteiger partial charge in [-0.1, -0.05) is 0 Å². The van der Waals surface area contributed by atoms with E-state index in [1.165, 1.54) is 13.4 Å². The summed E-state index contributed by atoms with van der Waals surface area (Å²) in [5.41, 5.74) is 0.730. The zero-order valence-electron chi connectivity index (χ0n) is 11.2. The van der Waals surface area contributed by atoms with Gasteiger partial charge in [0, 0.05) is 20.1 Å². The molecular weight excluding hydrogens is 250 g/mol. The first-order chi connectivity index (χ1) is 9.08. The number of methoxy groups -OCH3 is 2. The second kappa shape index (κ2) is 5.40. The Morgan fingerprint density at radius 3 is 2.79 bits per heavy atom. The fourth-order valence-electron chi connectivity index (χ4n) is 2.36. The monoisotopic (exact) mass is 267 g/mol. The lowest BCUT2D eigenvalue weighted by atomic mass is 10.2. The Labute approximate surface area is 111 Å². The first-order valence-electron chi connectivity index (χ1n) is 5.96. The van der Waals surface area contributed by atoms with Crippen molar-refractivity contribution in [2.24, 2.45) is 0 Å². The molecular formula is C12H17N3O4. The van der Waals surface area contributed by atoms with Gasteiger partial charge in [0.1, 0.15) is 18.2 Å². The molecule has 1 aromatic rings. The molecule has 2 heterocycles. The Morgan fingerprint density at radius 1 is 1.47 bits per heavy atom. The van der Waals surface area contributed by atoms with Crippen molar-refractivity contribution in [3.05, 3.63) is 11.9 Å². The third-order valence-corrected chi connectivity index (χ3v) is 3.36. The molecule has 0 saturated carbocycles. The normalized spacial score (nSPS) is 22.6. The molecule has 7 heteroatoms. The van der Waals surface area contributed by atoms with E-state index < -0.39 is 12.0 Å². The van der Waals surface area contributed by atoms with Crippen LogP contribution in [0.1, 0.15) is 12.0 Å². The van der Waals surface area contributed by atoms with Crippen LogP contribution < -0.4 is 9.64 Å². The smallest absolute Gasteiger partial charge is 0.326 e. The van der Waals surface area contributed by atoms with Crippen LogP contribution in [-0.4, -0.2) is 54.0 Å². The van der Waals surface area contributed by atoms with E-state index in [2.05, 4.69) is 9.97 Å². The van der Waals surface area contributed by atoms with Gasteiger partial charge in [-0.2, -0.15) is 0 Å². The van der Waals surface area contributed by atoms with Crippen molar-refractivity contribution in [3.8, 4) is 5.88 Å². The molecule has 1 fully saturated rings. The fourth-order valence-corrected chi connectivity index (χ4v) is 2.36. The van der Waals surface area contributed by atoms with Crippen LogP contribution in [0.5, 0.6) is 5.88 Å². The van der Waals surface area contributed by atoms with Crippen molar-refractivity contribution in [2.75, 3.05) is 25.7 Å². The Balaban J connectivity index is 2.36. The molecule has 104 valence electrons. The summed E-state index contributed by atoms with van der Waals surface area (Å²) >= 11 is 0. The zero-order chi connectivity index (χ0) is 14.0. The number of aliphatic carboxylic acids is 1. The van der Waals surface area contributed by atoms with E-state index in [0.717, 1.165) is 5.56 Å². The molecule has 1 aliphatic heterocycles. The molecule has 1 N–H and O–H groups in total. The summed E-state index contributed by atoms with van der Waals surface area (Å²) in [5, 5.41) is 9.30. The minimum absolute atomic E-state index is 0.110. The third-order valence-electron chi connectivity index (χ3n) is 3.36. The average molecular weight is 267 g/mol. The lowest BCUT2D eigenvalue weighted by Gasteiger charge is -2.24. The number of carboxylic acid groups (broad SMARTS) is 1. The number of anilines is 1. The number of ether oxygens (including phenoxy) is 2. The van der Waals surface area contributed by atoms with Crippen LogP contribution in [0.4, 0.5) is 5.82 Å². The molecule has 0 aliphatic carbocycles. The summed E-state index contributed by atoms with van der Waals surface area (Å²) in [6.07, 6.45) is 1.71. The minimum Gasteiger partial charge on any atom is -0.481 e. The molecule has 0 amide bonds. The van der Waals surface area contributed by atoms with Crippen molar-refractivity contribution in [1.29, 1.82) is 0 Å². The summed E-state index contributed by atoms with van der Waals surface area (Å²) < 4.78 is 10.4. The second-order valence-electron chi connectivity index (χ2n) is 4.43. The minimum atomic E-state index is -0.878. The highest BCUT2D eigenvalue weighted by Gasteiger charge is 2.38. The van der Waals surface area contributed by atoms with E-state index >= 15 is 0 Å². The third kappa shape index (κ3) is 2.46. The van der Waals surface area contributed by atoms with Gasteiger partial charge in [-0.15, -0.1) is 0 Å². The molecule has 0 radical (unpaired) electrons. The summed E-state index contributed by atoms with van der Waals surface area (Å²) in [7, 11) is 3.11. The molecule has 2 unspecified atom stereocenters. The second-order valence-corrected chi connectivity index (χ2v) is 4.43. The van der Waals surface area contributed by atoms with Crippen LogP contribution in [0.3, 0.4) is 0 Å². The number of aromatic nitrogens is 2. The maximum Gasteiger partial charge on any atom is 0.326 e. The summed E-state index contributed by atoms with van der Waals surface area (Å²) in [6, 6.07) is -0.636. The van der Waals surface area contributed by atoms with Gasteiger partial charge >= 0.3 is 5.97 Å². The van der Waals surface area contributed by atoms with Crippen LogP contribution in [0.15, 0.2) is 6.33 Å². The van der Waals surface area contributed by atoms with Crippen molar-refractivity contribution in [1.82, 2.24) is 9.97 Å². The predicted octanol–water partition coefficient (Wildman–Crippen LogP) is 0.472. The molecule has 19 heavy (non-hydrogen) atoms. The number of rotatable bonds is 4. The molecule has 0 spiro atoms. The number of hydrogen-bond acceptors (Lipinski definition) is 6. The van der Waals surface area contributed by atoms with Crippen LogP contribution in [0.25, 0.3) is 0 Å². The Bertz CT molecular complexity index is 480. The topological polar surface area (TPSA) is 84.8 Å². The van der Waals surface area contributed by atoms with E-state index in [0.29, 0.717) is 24.7 Å². The molecule has 1 aromatic heterocycles. The van der Waals surface area contributed by atoms with Gasteiger partial charge in [-0.3, -0.25) is 0 Å². The quantitative estimate of drug-likeness (QED) is 0.848. The predicted molar refractivity (Wildman–Crippen MR) is 67.5 cm³/mol. The maximum absolute atomic E-state index is 11.3. The molecule has 0 aromatic carbocycles. The summed E-state index contributed by atoms with van der Waals surface area (Å²) in [4.78, 5) is 21.3. The highest BCUT2D eigenvalue weighted by molar-refractivity contribution is 5.79. The van der Waals surface area contributed by atoms with Crippen molar-refractivity contribution >= 4 is 11.8 Å². The molecule has 2 atom stereocenters. The molecule has 1 saturated heterocycles. The highest BCUT2D eigenvalue weighted by atomic mass is 16.5. The van der Waals surface area contributed by atoms with Gasteiger partial charge in [-0.25, -0.2) is 14.8 Å². The number of hydrogen-bond donors (Lipinski definition) is 1. The first-order valence-corrected chi connectivity index (χ1v) is 5.96. The van der Waals surface area contributed by atoms with Crippen molar-refractivity contribution in [3.63, 3.8) is 0 Å². The van der Waals surface area contributed by atoms with Crippen molar-refractivity contribution in [2.45, 2.75) is 25.5 Å². The van der Waals surface area contributed by atoms with Crippen LogP contribution in [-0.2, 0) is 9.53 Å². The molecule has 1 aliphatic rings. The standard InChI is InChI=1S/C12H17N3O4/c1-7-10(13-6-14-11(7)19-3)15-5-8(18-2)4-9(15)12(16)17/h6,8-9H,4-5H2,1-3H3,(H,16,17). The van der Waals surface area contributed by atoms with E-state index in [9.17, 15) is 9.90 Å². The first kappa shape index (κ1) is 13.5. The molecule has 7 nitrogen and oxygen atoms in total. The zero-order valence-corrected chi connectivity index (χ0v) is 11.2. The van der Waals surface area contributed by atoms with E-state index in [1.54, 1.807) is 12.0 Å². The van der Waals surface area contributed by atoms with E-state index in [-0.39, 0.29) is 6.10 Å². The number of nitrogens with zero attached hydrogens (tertiary/aromatic N) is 3. The Morgan fingerprint density at radius 2 is 2.21 bits per heavy atom. The van der Waals surface area contributed by atoms with Gasteiger partial charge in [0.2, 0.25) is 5.88 Å². The van der Waals surface area contributed by atoms with Crippen LogP contribution in [0.2, 0.25) is 0 Å². The van der Waals surface area contributed by atoms with Gasteiger partial charge < -0.3 is 19.5 Å². The van der Waals surface area contributed by atoms with Gasteiger partial charge in [0.05, 0.1) is 18.8 Å². The molecule has 2 rings (SSSR count). The van der Waals surface area contributed by atoms with Crippen LogP contribution in [0, 0.1) is 6.92 Å². The van der Waals surface area contributed by atoms with Crippen molar-refractivity contribution < 1.29 is 19.4 Å². The van der Waals surface area contributed by atoms with Gasteiger partial charge in [0.15, 0.2) is 0 Å².